The predicted octanol–water partition coefficient (Wildman–Crippen LogP) is 2.41. The Hall–Kier alpha value is -2.42. The molecule has 31 heavy (non-hydrogen) atoms. The fourth-order valence-electron chi connectivity index (χ4n) is 3.93. The number of fused-ring (bicyclic) bond motifs is 1. The Morgan fingerprint density at radius 1 is 1.16 bits per heavy atom. The van der Waals surface area contributed by atoms with Crippen molar-refractivity contribution in [2.45, 2.75) is 43.7 Å². The van der Waals surface area contributed by atoms with Crippen LogP contribution in [-0.2, 0) is 21.2 Å². The molecule has 2 aromatic carbocycles. The van der Waals surface area contributed by atoms with Crippen LogP contribution < -0.4 is 14.8 Å². The lowest BCUT2D eigenvalue weighted by molar-refractivity contribution is -0.126. The summed E-state index contributed by atoms with van der Waals surface area (Å²) in [5.74, 6) is 0.0720. The number of sulfonamides is 1. The van der Waals surface area contributed by atoms with Gasteiger partial charge < -0.3 is 15.2 Å². The van der Waals surface area contributed by atoms with Gasteiger partial charge in [-0.3, -0.25) is 4.79 Å². The summed E-state index contributed by atoms with van der Waals surface area (Å²) in [6.45, 7) is 3.94. The molecule has 0 spiro atoms. The van der Waals surface area contributed by atoms with E-state index < -0.39 is 22.2 Å². The number of ether oxygens (including phenoxy) is 1. The standard InChI is InChI=1S/C23H30N2O5S/c1-15(14-24-31(28,29)19-10-8-18(30-3)9-11-19)12-16(2)23(27)25-22-20-7-5-4-6-17(20)13-21(22)26/h4-11,15-16,21-22,24,26H,12-14H2,1-3H3,(H,25,27). The number of carbonyl (C=O) groups excluding carboxylic acids is 1. The maximum Gasteiger partial charge on any atom is 0.240 e. The maximum absolute atomic E-state index is 12.7. The third-order valence-electron chi connectivity index (χ3n) is 5.70. The van der Waals surface area contributed by atoms with Crippen molar-refractivity contribution in [3.63, 3.8) is 0 Å². The lowest BCUT2D eigenvalue weighted by Gasteiger charge is -2.22. The van der Waals surface area contributed by atoms with Gasteiger partial charge in [-0.05, 0) is 47.7 Å². The van der Waals surface area contributed by atoms with Gasteiger partial charge in [0.2, 0.25) is 15.9 Å². The summed E-state index contributed by atoms with van der Waals surface area (Å²) in [6.07, 6.45) is 0.405. The molecule has 168 valence electrons. The van der Waals surface area contributed by atoms with Crippen molar-refractivity contribution in [3.05, 3.63) is 59.7 Å². The van der Waals surface area contributed by atoms with Gasteiger partial charge in [-0.15, -0.1) is 0 Å². The minimum Gasteiger partial charge on any atom is -0.497 e. The molecule has 2 aromatic rings. The molecule has 3 N–H and O–H groups in total. The number of rotatable bonds is 9. The van der Waals surface area contributed by atoms with Crippen molar-refractivity contribution >= 4 is 15.9 Å². The highest BCUT2D eigenvalue weighted by atomic mass is 32.2. The van der Waals surface area contributed by atoms with Gasteiger partial charge in [0.1, 0.15) is 5.75 Å². The zero-order valence-corrected chi connectivity index (χ0v) is 18.9. The molecule has 0 aliphatic heterocycles. The van der Waals surface area contributed by atoms with E-state index in [0.717, 1.165) is 11.1 Å². The Balaban J connectivity index is 1.51. The molecule has 0 fully saturated rings. The van der Waals surface area contributed by atoms with E-state index in [1.54, 1.807) is 12.1 Å². The van der Waals surface area contributed by atoms with Gasteiger partial charge in [-0.25, -0.2) is 13.1 Å². The van der Waals surface area contributed by atoms with Crippen LogP contribution in [0.4, 0.5) is 0 Å². The molecule has 0 saturated carbocycles. The molecular formula is C23H30N2O5S. The van der Waals surface area contributed by atoms with Crippen molar-refractivity contribution < 1.29 is 23.1 Å². The number of hydrogen-bond acceptors (Lipinski definition) is 5. The lowest BCUT2D eigenvalue weighted by atomic mass is 9.96. The second kappa shape index (κ2) is 9.80. The third-order valence-corrected chi connectivity index (χ3v) is 7.14. The minimum absolute atomic E-state index is 0.0467. The average molecular weight is 447 g/mol. The Bertz CT molecular complexity index is 1010. The molecule has 0 saturated heterocycles. The summed E-state index contributed by atoms with van der Waals surface area (Å²) in [4.78, 5) is 12.9. The number of hydrogen-bond donors (Lipinski definition) is 3. The van der Waals surface area contributed by atoms with Gasteiger partial charge in [0.25, 0.3) is 0 Å². The van der Waals surface area contributed by atoms with Gasteiger partial charge in [0.15, 0.2) is 0 Å². The molecular weight excluding hydrogens is 416 g/mol. The van der Waals surface area contributed by atoms with E-state index in [2.05, 4.69) is 10.0 Å². The first-order chi connectivity index (χ1) is 14.7. The molecule has 7 nitrogen and oxygen atoms in total. The van der Waals surface area contributed by atoms with Crippen molar-refractivity contribution in [2.75, 3.05) is 13.7 Å². The van der Waals surface area contributed by atoms with Gasteiger partial charge in [0.05, 0.1) is 24.2 Å². The largest absolute Gasteiger partial charge is 0.497 e. The summed E-state index contributed by atoms with van der Waals surface area (Å²) in [5.41, 5.74) is 2.00. The molecule has 4 unspecified atom stereocenters. The van der Waals surface area contributed by atoms with Gasteiger partial charge in [-0.2, -0.15) is 0 Å². The van der Waals surface area contributed by atoms with Crippen molar-refractivity contribution in [2.24, 2.45) is 11.8 Å². The second-order valence-corrected chi connectivity index (χ2v) is 9.99. The van der Waals surface area contributed by atoms with Crippen LogP contribution in [0, 0.1) is 11.8 Å². The normalized spacial score (nSPS) is 20.0. The Labute approximate surface area is 183 Å². The summed E-state index contributed by atoms with van der Waals surface area (Å²) >= 11 is 0. The van der Waals surface area contributed by atoms with E-state index in [1.807, 2.05) is 38.1 Å². The van der Waals surface area contributed by atoms with Gasteiger partial charge >= 0.3 is 0 Å². The molecule has 8 heteroatoms. The molecule has 0 radical (unpaired) electrons. The quantitative estimate of drug-likeness (QED) is 0.549. The van der Waals surface area contributed by atoms with Crippen LogP contribution in [0.15, 0.2) is 53.4 Å². The SMILES string of the molecule is COc1ccc(S(=O)(=O)NCC(C)CC(C)C(=O)NC2c3ccccc3CC2O)cc1. The van der Waals surface area contributed by atoms with Crippen LogP contribution in [0.5, 0.6) is 5.75 Å². The predicted molar refractivity (Wildman–Crippen MR) is 118 cm³/mol. The van der Waals surface area contributed by atoms with Gasteiger partial charge in [0, 0.05) is 18.9 Å². The zero-order chi connectivity index (χ0) is 22.6. The number of amides is 1. The van der Waals surface area contributed by atoms with E-state index in [9.17, 15) is 18.3 Å². The number of benzene rings is 2. The van der Waals surface area contributed by atoms with E-state index in [4.69, 9.17) is 4.74 Å². The highest BCUT2D eigenvalue weighted by Crippen LogP contribution is 2.31. The highest BCUT2D eigenvalue weighted by molar-refractivity contribution is 7.89. The molecule has 1 aliphatic carbocycles. The zero-order valence-electron chi connectivity index (χ0n) is 18.0. The number of methoxy groups -OCH3 is 1. The van der Waals surface area contributed by atoms with Crippen molar-refractivity contribution in [1.82, 2.24) is 10.0 Å². The van der Waals surface area contributed by atoms with Crippen LogP contribution >= 0.6 is 0 Å². The number of aliphatic hydroxyl groups is 1. The third kappa shape index (κ3) is 5.64. The molecule has 0 bridgehead atoms. The lowest BCUT2D eigenvalue weighted by Crippen LogP contribution is -2.38. The first-order valence-corrected chi connectivity index (χ1v) is 11.9. The molecule has 3 rings (SSSR count). The summed E-state index contributed by atoms with van der Waals surface area (Å²) in [7, 11) is -2.11. The molecule has 4 atom stereocenters. The van der Waals surface area contributed by atoms with E-state index >= 15 is 0 Å². The van der Waals surface area contributed by atoms with Gasteiger partial charge in [-0.1, -0.05) is 38.1 Å². The topological polar surface area (TPSA) is 105 Å². The monoisotopic (exact) mass is 446 g/mol. The number of carbonyl (C=O) groups is 1. The summed E-state index contributed by atoms with van der Waals surface area (Å²) in [6, 6.07) is 13.5. The smallest absolute Gasteiger partial charge is 0.240 e. The maximum atomic E-state index is 12.7. The number of nitrogens with one attached hydrogen (secondary N) is 2. The molecule has 1 aliphatic rings. The van der Waals surface area contributed by atoms with Crippen LogP contribution in [0.2, 0.25) is 0 Å². The van der Waals surface area contributed by atoms with Crippen molar-refractivity contribution in [3.8, 4) is 5.75 Å². The van der Waals surface area contributed by atoms with Crippen molar-refractivity contribution in [1.29, 1.82) is 0 Å². The molecule has 0 aromatic heterocycles. The van der Waals surface area contributed by atoms with E-state index in [0.29, 0.717) is 18.6 Å². The van der Waals surface area contributed by atoms with Crippen LogP contribution in [0.25, 0.3) is 0 Å². The summed E-state index contributed by atoms with van der Waals surface area (Å²) < 4.78 is 32.6. The minimum atomic E-state index is -3.63. The second-order valence-electron chi connectivity index (χ2n) is 8.23. The fraction of sp³-hybridized carbons (Fsp3) is 0.435. The molecule has 1 amide bonds. The van der Waals surface area contributed by atoms with Crippen LogP contribution in [0.1, 0.15) is 37.4 Å². The number of aliphatic hydroxyl groups excluding tert-OH is 1. The Morgan fingerprint density at radius 3 is 2.52 bits per heavy atom. The first kappa shape index (κ1) is 23.2. The Kier molecular flexibility index (Phi) is 7.35. The summed E-state index contributed by atoms with van der Waals surface area (Å²) in [5, 5.41) is 13.3. The molecule has 0 heterocycles. The fourth-order valence-corrected chi connectivity index (χ4v) is 5.09. The highest BCUT2D eigenvalue weighted by Gasteiger charge is 2.33. The van der Waals surface area contributed by atoms with E-state index in [-0.39, 0.29) is 29.2 Å². The first-order valence-electron chi connectivity index (χ1n) is 10.4. The van der Waals surface area contributed by atoms with E-state index in [1.165, 1.54) is 19.2 Å². The van der Waals surface area contributed by atoms with Crippen LogP contribution in [0.3, 0.4) is 0 Å². The Morgan fingerprint density at radius 2 is 1.84 bits per heavy atom. The van der Waals surface area contributed by atoms with Crippen LogP contribution in [-0.4, -0.2) is 39.2 Å². The average Bonchev–Trinajstić information content (AvgIpc) is 3.07.